The van der Waals surface area contributed by atoms with Crippen molar-refractivity contribution in [2.45, 2.75) is 58.9 Å². The molecular weight excluding hydrogens is 258 g/mol. The van der Waals surface area contributed by atoms with Gasteiger partial charge in [-0.3, -0.25) is 0 Å². The zero-order chi connectivity index (χ0) is 15.7. The summed E-state index contributed by atoms with van der Waals surface area (Å²) in [6, 6.07) is 9.06. The predicted octanol–water partition coefficient (Wildman–Crippen LogP) is 4.39. The minimum Gasteiger partial charge on any atom is -0.496 e. The van der Waals surface area contributed by atoms with E-state index in [9.17, 15) is 0 Å². The maximum Gasteiger partial charge on any atom is 0.122 e. The highest BCUT2D eigenvalue weighted by molar-refractivity contribution is 5.42. The van der Waals surface area contributed by atoms with E-state index in [0.717, 1.165) is 18.2 Å². The molecule has 0 atom stereocenters. The van der Waals surface area contributed by atoms with Crippen molar-refractivity contribution in [2.75, 3.05) is 13.7 Å². The molecule has 0 bridgehead atoms. The Bertz CT molecular complexity index is 467. The number of ether oxygens (including phenoxy) is 1. The summed E-state index contributed by atoms with van der Waals surface area (Å²) in [5, 5.41) is 3.65. The van der Waals surface area contributed by atoms with Crippen molar-refractivity contribution >= 4 is 0 Å². The van der Waals surface area contributed by atoms with Crippen LogP contribution in [0.4, 0.5) is 0 Å². The van der Waals surface area contributed by atoms with Gasteiger partial charge in [0.1, 0.15) is 5.75 Å². The molecule has 0 spiro atoms. The number of methoxy groups -OCH3 is 1. The van der Waals surface area contributed by atoms with Crippen molar-refractivity contribution in [3.63, 3.8) is 0 Å². The molecule has 1 fully saturated rings. The van der Waals surface area contributed by atoms with Gasteiger partial charge < -0.3 is 10.1 Å². The van der Waals surface area contributed by atoms with Crippen molar-refractivity contribution in [3.8, 4) is 5.75 Å². The third kappa shape index (κ3) is 3.42. The third-order valence-electron chi connectivity index (χ3n) is 5.03. The van der Waals surface area contributed by atoms with Crippen LogP contribution in [0.25, 0.3) is 0 Å². The summed E-state index contributed by atoms with van der Waals surface area (Å²) < 4.78 is 5.63. The van der Waals surface area contributed by atoms with Gasteiger partial charge in [0.25, 0.3) is 0 Å². The van der Waals surface area contributed by atoms with Crippen LogP contribution >= 0.6 is 0 Å². The van der Waals surface area contributed by atoms with Gasteiger partial charge in [-0.25, -0.2) is 0 Å². The number of benzene rings is 1. The molecule has 21 heavy (non-hydrogen) atoms. The molecule has 0 unspecified atom stereocenters. The molecule has 1 aliphatic rings. The van der Waals surface area contributed by atoms with E-state index in [-0.39, 0.29) is 5.41 Å². The molecule has 0 radical (unpaired) electrons. The van der Waals surface area contributed by atoms with Gasteiger partial charge in [-0.05, 0) is 30.2 Å². The van der Waals surface area contributed by atoms with E-state index in [1.807, 2.05) is 0 Å². The molecule has 1 N–H and O–H groups in total. The molecule has 1 aliphatic carbocycles. The van der Waals surface area contributed by atoms with Gasteiger partial charge in [-0.1, -0.05) is 52.8 Å². The SMILES string of the molecule is COc1ccccc1C1(CNC(C)C)CC(C(C)(C)C)C1. The first-order valence-corrected chi connectivity index (χ1v) is 8.15. The van der Waals surface area contributed by atoms with E-state index in [1.165, 1.54) is 18.4 Å². The summed E-state index contributed by atoms with van der Waals surface area (Å²) in [4.78, 5) is 0. The summed E-state index contributed by atoms with van der Waals surface area (Å²) in [6.07, 6.45) is 2.49. The van der Waals surface area contributed by atoms with Crippen molar-refractivity contribution in [3.05, 3.63) is 29.8 Å². The topological polar surface area (TPSA) is 21.3 Å². The maximum absolute atomic E-state index is 5.63. The van der Waals surface area contributed by atoms with Gasteiger partial charge in [0.2, 0.25) is 0 Å². The van der Waals surface area contributed by atoms with Crippen LogP contribution in [-0.4, -0.2) is 19.7 Å². The molecule has 2 nitrogen and oxygen atoms in total. The molecular formula is C19H31NO. The molecule has 2 heteroatoms. The average molecular weight is 289 g/mol. The largest absolute Gasteiger partial charge is 0.496 e. The van der Waals surface area contributed by atoms with E-state index in [0.29, 0.717) is 11.5 Å². The van der Waals surface area contributed by atoms with Crippen LogP contribution in [0.5, 0.6) is 5.75 Å². The fourth-order valence-corrected chi connectivity index (χ4v) is 3.44. The zero-order valence-corrected chi connectivity index (χ0v) is 14.5. The maximum atomic E-state index is 5.63. The van der Waals surface area contributed by atoms with E-state index >= 15 is 0 Å². The molecule has 1 aromatic carbocycles. The Morgan fingerprint density at radius 3 is 2.38 bits per heavy atom. The van der Waals surface area contributed by atoms with E-state index in [2.05, 4.69) is 64.2 Å². The van der Waals surface area contributed by atoms with Crippen molar-refractivity contribution in [1.29, 1.82) is 0 Å². The molecule has 0 saturated heterocycles. The number of rotatable bonds is 5. The summed E-state index contributed by atoms with van der Waals surface area (Å²) in [6.45, 7) is 12.6. The first kappa shape index (κ1) is 16.4. The minimum atomic E-state index is 0.231. The predicted molar refractivity (Wildman–Crippen MR) is 90.0 cm³/mol. The Kier molecular flexibility index (Phi) is 4.67. The lowest BCUT2D eigenvalue weighted by Gasteiger charge is -2.54. The van der Waals surface area contributed by atoms with Crippen LogP contribution in [0.2, 0.25) is 0 Å². The van der Waals surface area contributed by atoms with Crippen LogP contribution in [0.3, 0.4) is 0 Å². The average Bonchev–Trinajstić information content (AvgIpc) is 2.36. The standard InChI is InChI=1S/C19H31NO/c1-14(2)20-13-19(11-15(12-19)18(3,4)5)16-9-7-8-10-17(16)21-6/h7-10,14-15,20H,11-13H2,1-6H3. The molecule has 1 aromatic rings. The molecule has 0 amide bonds. The second-order valence-corrected chi connectivity index (χ2v) is 7.99. The van der Waals surface area contributed by atoms with Crippen LogP contribution in [0.15, 0.2) is 24.3 Å². The second kappa shape index (κ2) is 6.00. The number of hydrogen-bond acceptors (Lipinski definition) is 2. The summed E-state index contributed by atoms with van der Waals surface area (Å²) in [5.41, 5.74) is 2.00. The first-order chi connectivity index (χ1) is 9.78. The quantitative estimate of drug-likeness (QED) is 0.868. The fourth-order valence-electron chi connectivity index (χ4n) is 3.44. The molecule has 2 rings (SSSR count). The van der Waals surface area contributed by atoms with Gasteiger partial charge in [0, 0.05) is 23.6 Å². The molecule has 0 heterocycles. The Hall–Kier alpha value is -1.02. The Morgan fingerprint density at radius 2 is 1.86 bits per heavy atom. The molecule has 0 aliphatic heterocycles. The monoisotopic (exact) mass is 289 g/mol. The van der Waals surface area contributed by atoms with Gasteiger partial charge in [0.05, 0.1) is 7.11 Å². The molecule has 0 aromatic heterocycles. The zero-order valence-electron chi connectivity index (χ0n) is 14.5. The van der Waals surface area contributed by atoms with Crippen molar-refractivity contribution in [1.82, 2.24) is 5.32 Å². The molecule has 118 valence electrons. The fraction of sp³-hybridized carbons (Fsp3) is 0.684. The van der Waals surface area contributed by atoms with Gasteiger partial charge in [-0.2, -0.15) is 0 Å². The highest BCUT2D eigenvalue weighted by Crippen LogP contribution is 2.55. The number of para-hydroxylation sites is 1. The summed E-state index contributed by atoms with van der Waals surface area (Å²) >= 11 is 0. The highest BCUT2D eigenvalue weighted by atomic mass is 16.5. The first-order valence-electron chi connectivity index (χ1n) is 8.15. The van der Waals surface area contributed by atoms with Crippen LogP contribution in [0.1, 0.15) is 53.0 Å². The van der Waals surface area contributed by atoms with E-state index < -0.39 is 0 Å². The van der Waals surface area contributed by atoms with Crippen LogP contribution < -0.4 is 10.1 Å². The number of hydrogen-bond donors (Lipinski definition) is 1. The Morgan fingerprint density at radius 1 is 1.24 bits per heavy atom. The lowest BCUT2D eigenvalue weighted by atomic mass is 9.52. The lowest BCUT2D eigenvalue weighted by Crippen LogP contribution is -2.53. The van der Waals surface area contributed by atoms with Crippen molar-refractivity contribution < 1.29 is 4.74 Å². The summed E-state index contributed by atoms with van der Waals surface area (Å²) in [7, 11) is 1.78. The van der Waals surface area contributed by atoms with Crippen molar-refractivity contribution in [2.24, 2.45) is 11.3 Å². The Labute approximate surface area is 130 Å². The lowest BCUT2D eigenvalue weighted by molar-refractivity contribution is 0.0422. The molecule has 1 saturated carbocycles. The van der Waals surface area contributed by atoms with Gasteiger partial charge >= 0.3 is 0 Å². The summed E-state index contributed by atoms with van der Waals surface area (Å²) in [5.74, 6) is 1.83. The number of nitrogens with one attached hydrogen (secondary N) is 1. The van der Waals surface area contributed by atoms with Crippen LogP contribution in [0, 0.1) is 11.3 Å². The Balaban J connectivity index is 2.26. The normalized spacial score (nSPS) is 25.8. The minimum absolute atomic E-state index is 0.231. The van der Waals surface area contributed by atoms with Gasteiger partial charge in [0.15, 0.2) is 0 Å². The smallest absolute Gasteiger partial charge is 0.122 e. The second-order valence-electron chi connectivity index (χ2n) is 7.99. The highest BCUT2D eigenvalue weighted by Gasteiger charge is 2.50. The van der Waals surface area contributed by atoms with E-state index in [1.54, 1.807) is 7.11 Å². The van der Waals surface area contributed by atoms with Crippen LogP contribution in [-0.2, 0) is 5.41 Å². The van der Waals surface area contributed by atoms with E-state index in [4.69, 9.17) is 4.74 Å². The third-order valence-corrected chi connectivity index (χ3v) is 5.03. The van der Waals surface area contributed by atoms with Gasteiger partial charge in [-0.15, -0.1) is 0 Å².